The molecule has 28 heavy (non-hydrogen) atoms. The summed E-state index contributed by atoms with van der Waals surface area (Å²) >= 11 is 1.43. The minimum absolute atomic E-state index is 0.0671. The number of hydrogen-bond donors (Lipinski definition) is 1. The van der Waals surface area contributed by atoms with Crippen molar-refractivity contribution in [3.05, 3.63) is 102 Å². The second-order valence-electron chi connectivity index (χ2n) is 5.83. The molecule has 144 valence electrons. The van der Waals surface area contributed by atoms with Crippen molar-refractivity contribution >= 4 is 19.4 Å². The van der Waals surface area contributed by atoms with Gasteiger partial charge in [0.1, 0.15) is 11.5 Å². The van der Waals surface area contributed by atoms with E-state index in [0.29, 0.717) is 22.8 Å². The summed E-state index contributed by atoms with van der Waals surface area (Å²) in [6, 6.07) is 27.5. The molecule has 3 rings (SSSR count). The van der Waals surface area contributed by atoms with E-state index < -0.39 is 7.60 Å². The van der Waals surface area contributed by atoms with Gasteiger partial charge < -0.3 is 14.2 Å². The fourth-order valence-corrected chi connectivity index (χ4v) is 5.24. The number of para-hydroxylation sites is 2. The van der Waals surface area contributed by atoms with Crippen molar-refractivity contribution in [2.24, 2.45) is 0 Å². The Hall–Kier alpha value is -2.46. The second kappa shape index (κ2) is 10.2. The van der Waals surface area contributed by atoms with Crippen LogP contribution in [-0.2, 0) is 4.57 Å². The van der Waals surface area contributed by atoms with E-state index in [1.807, 2.05) is 42.5 Å². The van der Waals surface area contributed by atoms with E-state index in [1.54, 1.807) is 48.5 Å². The fourth-order valence-electron chi connectivity index (χ4n) is 2.40. The topological polar surface area (TPSA) is 55.8 Å². The highest BCUT2D eigenvalue weighted by molar-refractivity contribution is 8.03. The maximum Gasteiger partial charge on any atom is 0.456 e. The molecule has 0 aromatic heterocycles. The number of benzene rings is 3. The summed E-state index contributed by atoms with van der Waals surface area (Å²) in [5.41, 5.74) is 0. The van der Waals surface area contributed by atoms with E-state index in [2.05, 4.69) is 0 Å². The zero-order chi connectivity index (χ0) is 19.7. The summed E-state index contributed by atoms with van der Waals surface area (Å²) < 4.78 is 25.2. The number of thioether (sulfide) groups is 1. The SMILES string of the molecule is O=P(/C=C(/CCO)Sc1ccccc1)(Oc1ccccc1)Oc1ccccc1. The van der Waals surface area contributed by atoms with Gasteiger partial charge in [0, 0.05) is 22.8 Å². The molecule has 0 spiro atoms. The van der Waals surface area contributed by atoms with Crippen LogP contribution in [0.5, 0.6) is 11.5 Å². The highest BCUT2D eigenvalue weighted by Crippen LogP contribution is 2.52. The van der Waals surface area contributed by atoms with Crippen molar-refractivity contribution in [1.82, 2.24) is 0 Å². The van der Waals surface area contributed by atoms with E-state index in [1.165, 1.54) is 17.6 Å². The van der Waals surface area contributed by atoms with Crippen LogP contribution in [0.25, 0.3) is 0 Å². The van der Waals surface area contributed by atoms with E-state index in [4.69, 9.17) is 9.05 Å². The van der Waals surface area contributed by atoms with E-state index in [9.17, 15) is 9.67 Å². The lowest BCUT2D eigenvalue weighted by Crippen LogP contribution is -2.00. The van der Waals surface area contributed by atoms with Gasteiger partial charge in [0.25, 0.3) is 0 Å². The molecule has 3 aromatic carbocycles. The molecule has 0 amide bonds. The Balaban J connectivity index is 1.92. The van der Waals surface area contributed by atoms with Crippen LogP contribution in [-0.4, -0.2) is 11.7 Å². The van der Waals surface area contributed by atoms with Gasteiger partial charge in [-0.2, -0.15) is 0 Å². The molecule has 0 bridgehead atoms. The van der Waals surface area contributed by atoms with Crippen LogP contribution in [0.15, 0.2) is 107 Å². The summed E-state index contributed by atoms with van der Waals surface area (Å²) in [7, 11) is -3.68. The van der Waals surface area contributed by atoms with Gasteiger partial charge in [-0.3, -0.25) is 0 Å². The van der Waals surface area contributed by atoms with Crippen LogP contribution >= 0.6 is 19.4 Å². The molecule has 0 aliphatic rings. The predicted octanol–water partition coefficient (Wildman–Crippen LogP) is 6.35. The zero-order valence-electron chi connectivity index (χ0n) is 15.2. The highest BCUT2D eigenvalue weighted by Gasteiger charge is 2.27. The van der Waals surface area contributed by atoms with Gasteiger partial charge >= 0.3 is 7.60 Å². The first kappa shape index (κ1) is 20.3. The molecular weight excluding hydrogens is 391 g/mol. The van der Waals surface area contributed by atoms with E-state index in [-0.39, 0.29) is 6.61 Å². The molecule has 6 heteroatoms. The first-order valence-electron chi connectivity index (χ1n) is 8.81. The molecular formula is C22H21O4PS. The Bertz CT molecular complexity index is 885. The fraction of sp³-hybridized carbons (Fsp3) is 0.0909. The maximum absolute atomic E-state index is 13.6. The van der Waals surface area contributed by atoms with Crippen molar-refractivity contribution in [3.8, 4) is 11.5 Å². The lowest BCUT2D eigenvalue weighted by atomic mass is 10.3. The number of hydrogen-bond acceptors (Lipinski definition) is 5. The highest BCUT2D eigenvalue weighted by atomic mass is 32.2. The lowest BCUT2D eigenvalue weighted by Gasteiger charge is -2.18. The zero-order valence-corrected chi connectivity index (χ0v) is 16.9. The van der Waals surface area contributed by atoms with Crippen molar-refractivity contribution in [2.45, 2.75) is 11.3 Å². The molecule has 0 saturated carbocycles. The molecule has 0 unspecified atom stereocenters. The van der Waals surface area contributed by atoms with Gasteiger partial charge in [-0.1, -0.05) is 66.4 Å². The second-order valence-corrected chi connectivity index (χ2v) is 8.74. The first-order valence-corrected chi connectivity index (χ1v) is 11.2. The van der Waals surface area contributed by atoms with E-state index in [0.717, 1.165) is 4.90 Å². The number of aliphatic hydroxyl groups is 1. The van der Waals surface area contributed by atoms with E-state index >= 15 is 0 Å². The van der Waals surface area contributed by atoms with Crippen molar-refractivity contribution < 1.29 is 18.7 Å². The number of rotatable bonds is 9. The van der Waals surface area contributed by atoms with Crippen LogP contribution in [0.1, 0.15) is 6.42 Å². The van der Waals surface area contributed by atoms with Gasteiger partial charge in [-0.15, -0.1) is 0 Å². The molecule has 0 aliphatic heterocycles. The normalized spacial score (nSPS) is 11.8. The third-order valence-corrected chi connectivity index (χ3v) is 6.43. The summed E-state index contributed by atoms with van der Waals surface area (Å²) in [5, 5.41) is 9.47. The molecule has 0 saturated heterocycles. The summed E-state index contributed by atoms with van der Waals surface area (Å²) in [4.78, 5) is 1.69. The third kappa shape index (κ3) is 6.31. The monoisotopic (exact) mass is 412 g/mol. The predicted molar refractivity (Wildman–Crippen MR) is 114 cm³/mol. The largest absolute Gasteiger partial charge is 0.456 e. The average molecular weight is 412 g/mol. The van der Waals surface area contributed by atoms with Crippen molar-refractivity contribution in [2.75, 3.05) is 6.61 Å². The minimum Gasteiger partial charge on any atom is -0.413 e. The lowest BCUT2D eigenvalue weighted by molar-refractivity contribution is 0.301. The summed E-state index contributed by atoms with van der Waals surface area (Å²) in [6.07, 6.45) is 0.347. The van der Waals surface area contributed by atoms with Crippen LogP contribution < -0.4 is 9.05 Å². The van der Waals surface area contributed by atoms with Crippen LogP contribution in [0, 0.1) is 0 Å². The Morgan fingerprint density at radius 3 is 1.75 bits per heavy atom. The Kier molecular flexibility index (Phi) is 7.38. The Morgan fingerprint density at radius 1 is 0.821 bits per heavy atom. The standard InChI is InChI=1S/C22H21O4PS/c23-17-16-22(28-21-14-8-3-9-15-21)18-27(24,25-19-10-4-1-5-11-19)26-20-12-6-2-7-13-20/h1-15,18,23H,16-17H2/b22-18-. The van der Waals surface area contributed by atoms with Gasteiger partial charge in [-0.25, -0.2) is 4.57 Å². The minimum atomic E-state index is -3.68. The van der Waals surface area contributed by atoms with Gasteiger partial charge in [-0.05, 0) is 36.4 Å². The van der Waals surface area contributed by atoms with Gasteiger partial charge in [0.15, 0.2) is 0 Å². The summed E-state index contributed by atoms with van der Waals surface area (Å²) in [6.45, 7) is -0.0671. The van der Waals surface area contributed by atoms with Gasteiger partial charge in [0.05, 0.1) is 5.82 Å². The quantitative estimate of drug-likeness (QED) is 0.328. The van der Waals surface area contributed by atoms with Crippen molar-refractivity contribution in [3.63, 3.8) is 0 Å². The Morgan fingerprint density at radius 2 is 1.29 bits per heavy atom. The molecule has 0 heterocycles. The number of aliphatic hydroxyl groups excluding tert-OH is 1. The first-order chi connectivity index (χ1) is 13.7. The van der Waals surface area contributed by atoms with Crippen LogP contribution in [0.4, 0.5) is 0 Å². The molecule has 0 atom stereocenters. The van der Waals surface area contributed by atoms with Crippen LogP contribution in [0.3, 0.4) is 0 Å². The average Bonchev–Trinajstić information content (AvgIpc) is 2.70. The van der Waals surface area contributed by atoms with Crippen molar-refractivity contribution in [1.29, 1.82) is 0 Å². The summed E-state index contributed by atoms with van der Waals surface area (Å²) in [5.74, 6) is 2.40. The van der Waals surface area contributed by atoms with Crippen LogP contribution in [0.2, 0.25) is 0 Å². The van der Waals surface area contributed by atoms with Gasteiger partial charge in [0.2, 0.25) is 0 Å². The molecule has 3 aromatic rings. The molecule has 0 radical (unpaired) electrons. The molecule has 0 aliphatic carbocycles. The molecule has 4 nitrogen and oxygen atoms in total. The molecule has 0 fully saturated rings. The smallest absolute Gasteiger partial charge is 0.413 e. The maximum atomic E-state index is 13.6. The molecule has 1 N–H and O–H groups in total. The third-order valence-electron chi connectivity index (χ3n) is 3.60. The Labute approximate surface area is 169 Å².